The molecule has 2 saturated carbocycles. The second-order valence-corrected chi connectivity index (χ2v) is 8.58. The van der Waals surface area contributed by atoms with Crippen molar-refractivity contribution in [3.63, 3.8) is 0 Å². The van der Waals surface area contributed by atoms with E-state index < -0.39 is 5.54 Å². The molecule has 0 atom stereocenters. The average molecular weight is 427 g/mol. The summed E-state index contributed by atoms with van der Waals surface area (Å²) in [5.74, 6) is -0.325. The van der Waals surface area contributed by atoms with E-state index in [2.05, 4.69) is 0 Å². The van der Waals surface area contributed by atoms with Crippen molar-refractivity contribution in [1.29, 1.82) is 0 Å². The minimum Gasteiger partial charge on any atom is -0.427 e. The van der Waals surface area contributed by atoms with Gasteiger partial charge in [-0.25, -0.2) is 9.90 Å². The van der Waals surface area contributed by atoms with Crippen LogP contribution in [-0.4, -0.2) is 41.7 Å². The third kappa shape index (κ3) is 3.92. The highest BCUT2D eigenvalue weighted by Crippen LogP contribution is 2.50. The van der Waals surface area contributed by atoms with E-state index in [0.717, 1.165) is 29.5 Å². The Labute approximate surface area is 182 Å². The number of carbonyl (C=O) groups is 3. The Bertz CT molecular complexity index is 915. The first-order chi connectivity index (χ1) is 14.9. The molecule has 2 fully saturated rings. The first kappa shape index (κ1) is 21.7. The summed E-state index contributed by atoms with van der Waals surface area (Å²) in [6.45, 7) is 6.05. The van der Waals surface area contributed by atoms with Gasteiger partial charge in [0.1, 0.15) is 17.1 Å². The molecule has 1 aromatic carbocycles. The smallest absolute Gasteiger partial charge is 0.314 e. The Morgan fingerprint density at radius 3 is 2.35 bits per heavy atom. The topological polar surface area (TPSA) is 82.1 Å². The van der Waals surface area contributed by atoms with Crippen LogP contribution in [0.4, 0.5) is 0 Å². The number of amides is 1. The van der Waals surface area contributed by atoms with Gasteiger partial charge in [0.05, 0.1) is 11.5 Å². The van der Waals surface area contributed by atoms with E-state index in [1.807, 2.05) is 39.0 Å². The molecule has 7 nitrogen and oxygen atoms in total. The molecule has 166 valence electrons. The van der Waals surface area contributed by atoms with E-state index in [-0.39, 0.29) is 30.4 Å². The Hall–Kier alpha value is -2.51. The second-order valence-electron chi connectivity index (χ2n) is 8.58. The first-order valence-corrected chi connectivity index (χ1v) is 11.0. The highest BCUT2D eigenvalue weighted by atomic mass is 16.8. The van der Waals surface area contributed by atoms with E-state index in [9.17, 15) is 14.4 Å². The van der Waals surface area contributed by atoms with Crippen molar-refractivity contribution in [3.8, 4) is 0 Å². The maximum atomic E-state index is 13.7. The summed E-state index contributed by atoms with van der Waals surface area (Å²) in [4.78, 5) is 44.4. The van der Waals surface area contributed by atoms with Crippen LogP contribution in [0.5, 0.6) is 0 Å². The maximum Gasteiger partial charge on any atom is 0.314 e. The zero-order valence-corrected chi connectivity index (χ0v) is 18.4. The fourth-order valence-corrected chi connectivity index (χ4v) is 4.52. The molecule has 1 aliphatic heterocycles. The van der Waals surface area contributed by atoms with Crippen molar-refractivity contribution in [1.82, 2.24) is 5.06 Å². The lowest BCUT2D eigenvalue weighted by atomic mass is 9.79. The molecule has 0 N–H and O–H groups in total. The molecule has 1 spiro atoms. The van der Waals surface area contributed by atoms with Crippen molar-refractivity contribution in [2.45, 2.75) is 64.8 Å². The Kier molecular flexibility index (Phi) is 5.99. The average Bonchev–Trinajstić information content (AvgIpc) is 3.56. The summed E-state index contributed by atoms with van der Waals surface area (Å²) in [7, 11) is 0. The molecule has 0 saturated heterocycles. The van der Waals surface area contributed by atoms with Crippen LogP contribution in [-0.2, 0) is 28.7 Å². The van der Waals surface area contributed by atoms with E-state index in [4.69, 9.17) is 14.3 Å². The van der Waals surface area contributed by atoms with Gasteiger partial charge in [-0.1, -0.05) is 18.2 Å². The third-order valence-corrected chi connectivity index (χ3v) is 6.39. The van der Waals surface area contributed by atoms with E-state index in [1.165, 1.54) is 5.06 Å². The van der Waals surface area contributed by atoms with Crippen LogP contribution < -0.4 is 0 Å². The van der Waals surface area contributed by atoms with Gasteiger partial charge >= 0.3 is 5.97 Å². The number of ether oxygens (including phenoxy) is 2. The lowest BCUT2D eigenvalue weighted by molar-refractivity contribution is -0.252. The number of Topliss-reactive ketones (excluding diaryl/α,β-unsaturated/α-hetero) is 1. The van der Waals surface area contributed by atoms with Gasteiger partial charge in [0, 0.05) is 19.4 Å². The number of carbonyl (C=O) groups excluding carboxylic acids is 3. The number of ketones is 1. The maximum absolute atomic E-state index is 13.7. The molecule has 0 radical (unpaired) electrons. The standard InChI is InChI=1S/C24H29NO6/c1-4-29-14-30-25-22(27)20(19-15(2)6-5-7-16(19)3)21(31-23(28)17-8-9-17)24(25)12-10-18(26)11-13-24/h5-7,17H,4,8-14H2,1-3H3. The predicted octanol–water partition coefficient (Wildman–Crippen LogP) is 3.62. The zero-order chi connectivity index (χ0) is 22.2. The molecular formula is C24H29NO6. The summed E-state index contributed by atoms with van der Waals surface area (Å²) in [6, 6.07) is 5.80. The molecule has 0 aromatic heterocycles. The molecule has 3 aliphatic rings. The summed E-state index contributed by atoms with van der Waals surface area (Å²) in [6.07, 6.45) is 2.90. The summed E-state index contributed by atoms with van der Waals surface area (Å²) in [5, 5.41) is 1.31. The van der Waals surface area contributed by atoms with E-state index in [0.29, 0.717) is 43.6 Å². The van der Waals surface area contributed by atoms with E-state index >= 15 is 0 Å². The van der Waals surface area contributed by atoms with Crippen molar-refractivity contribution in [3.05, 3.63) is 40.6 Å². The first-order valence-electron chi connectivity index (χ1n) is 11.0. The molecule has 1 amide bonds. The number of benzene rings is 1. The number of hydrogen-bond donors (Lipinski definition) is 0. The quantitative estimate of drug-likeness (QED) is 0.376. The summed E-state index contributed by atoms with van der Waals surface area (Å²) in [5.41, 5.74) is 1.95. The van der Waals surface area contributed by atoms with Crippen LogP contribution >= 0.6 is 0 Å². The van der Waals surface area contributed by atoms with E-state index in [1.54, 1.807) is 0 Å². The molecule has 0 bridgehead atoms. The molecule has 1 heterocycles. The van der Waals surface area contributed by atoms with Gasteiger partial charge in [0.2, 0.25) is 0 Å². The van der Waals surface area contributed by atoms with Gasteiger partial charge in [0.25, 0.3) is 5.91 Å². The molecule has 4 rings (SSSR count). The van der Waals surface area contributed by atoms with Gasteiger partial charge in [-0.3, -0.25) is 14.4 Å². The van der Waals surface area contributed by atoms with Crippen LogP contribution in [0.1, 0.15) is 62.1 Å². The molecule has 2 aliphatic carbocycles. The van der Waals surface area contributed by atoms with Gasteiger partial charge in [-0.05, 0) is 63.1 Å². The van der Waals surface area contributed by atoms with Crippen LogP contribution in [0.2, 0.25) is 0 Å². The van der Waals surface area contributed by atoms with Gasteiger partial charge < -0.3 is 9.47 Å². The number of nitrogens with zero attached hydrogens (tertiary/aromatic N) is 1. The molecular weight excluding hydrogens is 398 g/mol. The Morgan fingerprint density at radius 2 is 1.77 bits per heavy atom. The molecule has 31 heavy (non-hydrogen) atoms. The lowest BCUT2D eigenvalue weighted by Gasteiger charge is -2.40. The van der Waals surface area contributed by atoms with Crippen molar-refractivity contribution >= 4 is 23.2 Å². The highest BCUT2D eigenvalue weighted by molar-refractivity contribution is 6.24. The molecule has 0 unspecified atom stereocenters. The third-order valence-electron chi connectivity index (χ3n) is 6.39. The van der Waals surface area contributed by atoms with Gasteiger partial charge in [-0.15, -0.1) is 0 Å². The van der Waals surface area contributed by atoms with Crippen LogP contribution in [0, 0.1) is 19.8 Å². The second kappa shape index (κ2) is 8.55. The SMILES string of the molecule is CCOCON1C(=O)C(c2c(C)cccc2C)=C(OC(=O)C2CC2)C12CCC(=O)CC2. The fraction of sp³-hybridized carbons (Fsp3) is 0.542. The monoisotopic (exact) mass is 427 g/mol. The number of hydroxylamine groups is 2. The summed E-state index contributed by atoms with van der Waals surface area (Å²) < 4.78 is 11.3. The van der Waals surface area contributed by atoms with Gasteiger partial charge in [-0.2, -0.15) is 0 Å². The van der Waals surface area contributed by atoms with Crippen LogP contribution in [0.25, 0.3) is 5.57 Å². The predicted molar refractivity (Wildman–Crippen MR) is 112 cm³/mol. The lowest BCUT2D eigenvalue weighted by Crippen LogP contribution is -2.51. The van der Waals surface area contributed by atoms with Crippen LogP contribution in [0.15, 0.2) is 24.0 Å². The Balaban J connectivity index is 1.85. The molecule has 7 heteroatoms. The summed E-state index contributed by atoms with van der Waals surface area (Å²) >= 11 is 0. The number of esters is 1. The number of rotatable bonds is 7. The largest absolute Gasteiger partial charge is 0.427 e. The number of aryl methyl sites for hydroxylation is 2. The fourth-order valence-electron chi connectivity index (χ4n) is 4.52. The normalized spacial score (nSPS) is 20.7. The minimum absolute atomic E-state index is 0.0954. The van der Waals surface area contributed by atoms with Crippen molar-refractivity contribution < 1.29 is 28.7 Å². The highest BCUT2D eigenvalue weighted by Gasteiger charge is 2.57. The molecule has 1 aromatic rings. The minimum atomic E-state index is -0.989. The van der Waals surface area contributed by atoms with Crippen molar-refractivity contribution in [2.75, 3.05) is 13.4 Å². The van der Waals surface area contributed by atoms with Gasteiger partial charge in [0.15, 0.2) is 6.79 Å². The zero-order valence-electron chi connectivity index (χ0n) is 18.4. The Morgan fingerprint density at radius 1 is 1.13 bits per heavy atom. The van der Waals surface area contributed by atoms with Crippen LogP contribution in [0.3, 0.4) is 0 Å². The number of hydrogen-bond acceptors (Lipinski definition) is 6. The van der Waals surface area contributed by atoms with Crippen molar-refractivity contribution in [2.24, 2.45) is 5.92 Å².